The van der Waals surface area contributed by atoms with Gasteiger partial charge in [0.05, 0.1) is 18.2 Å². The number of aromatic amines is 1. The standard InChI is InChI=1S/C27H24N4O2/c32-26(24(19-10-4-1-5-11-19)20-12-6-2-7-13-20)28-25-22-18-31(17-16-23(22)29-30-25)27(33)21-14-8-3-9-15-21/h1-15,24H,16-18H2,(H2,28,29,30,32). The minimum Gasteiger partial charge on any atom is -0.334 e. The molecular formula is C27H24N4O2. The van der Waals surface area contributed by atoms with Gasteiger partial charge in [0.2, 0.25) is 5.91 Å². The third-order valence-electron chi connectivity index (χ3n) is 6.00. The van der Waals surface area contributed by atoms with Crippen LogP contribution in [-0.4, -0.2) is 33.5 Å². The van der Waals surface area contributed by atoms with Gasteiger partial charge in [-0.25, -0.2) is 0 Å². The Kier molecular flexibility index (Phi) is 5.72. The summed E-state index contributed by atoms with van der Waals surface area (Å²) in [4.78, 5) is 28.2. The smallest absolute Gasteiger partial charge is 0.254 e. The number of hydrogen-bond acceptors (Lipinski definition) is 3. The van der Waals surface area contributed by atoms with E-state index in [4.69, 9.17) is 0 Å². The molecule has 4 aromatic rings. The highest BCUT2D eigenvalue weighted by molar-refractivity contribution is 5.98. The normalized spacial score (nSPS) is 12.9. The van der Waals surface area contributed by atoms with Crippen LogP contribution in [0.1, 0.15) is 38.7 Å². The number of anilines is 1. The summed E-state index contributed by atoms with van der Waals surface area (Å²) in [6, 6.07) is 28.7. The average Bonchev–Trinajstić information content (AvgIpc) is 3.27. The van der Waals surface area contributed by atoms with E-state index in [1.54, 1.807) is 4.90 Å². The number of H-pyrrole nitrogens is 1. The first kappa shape index (κ1) is 20.7. The Hall–Kier alpha value is -4.19. The number of hydrogen-bond donors (Lipinski definition) is 2. The van der Waals surface area contributed by atoms with Gasteiger partial charge < -0.3 is 10.2 Å². The molecule has 0 unspecified atom stereocenters. The number of carbonyl (C=O) groups excluding carboxylic acids is 2. The molecule has 33 heavy (non-hydrogen) atoms. The van der Waals surface area contributed by atoms with Gasteiger partial charge in [-0.05, 0) is 23.3 Å². The van der Waals surface area contributed by atoms with Crippen molar-refractivity contribution >= 4 is 17.6 Å². The van der Waals surface area contributed by atoms with Crippen LogP contribution in [0, 0.1) is 0 Å². The summed E-state index contributed by atoms with van der Waals surface area (Å²) in [5.41, 5.74) is 4.23. The van der Waals surface area contributed by atoms with E-state index < -0.39 is 5.92 Å². The fraction of sp³-hybridized carbons (Fsp3) is 0.148. The predicted molar refractivity (Wildman–Crippen MR) is 127 cm³/mol. The van der Waals surface area contributed by atoms with Gasteiger partial charge in [0, 0.05) is 24.1 Å². The zero-order valence-electron chi connectivity index (χ0n) is 18.1. The van der Waals surface area contributed by atoms with E-state index in [2.05, 4.69) is 15.5 Å². The van der Waals surface area contributed by atoms with Crippen molar-refractivity contribution in [1.29, 1.82) is 0 Å². The highest BCUT2D eigenvalue weighted by atomic mass is 16.2. The summed E-state index contributed by atoms with van der Waals surface area (Å²) in [5.74, 6) is -0.0778. The molecule has 3 aromatic carbocycles. The molecule has 2 heterocycles. The van der Waals surface area contributed by atoms with Gasteiger partial charge in [-0.2, -0.15) is 5.10 Å². The second-order valence-electron chi connectivity index (χ2n) is 8.11. The van der Waals surface area contributed by atoms with Crippen LogP contribution in [0.25, 0.3) is 0 Å². The van der Waals surface area contributed by atoms with Crippen molar-refractivity contribution in [1.82, 2.24) is 15.1 Å². The maximum atomic E-state index is 13.5. The maximum absolute atomic E-state index is 13.5. The third kappa shape index (κ3) is 4.28. The quantitative estimate of drug-likeness (QED) is 0.487. The van der Waals surface area contributed by atoms with Crippen molar-refractivity contribution < 1.29 is 9.59 Å². The summed E-state index contributed by atoms with van der Waals surface area (Å²) in [7, 11) is 0. The maximum Gasteiger partial charge on any atom is 0.254 e. The Morgan fingerprint density at radius 3 is 2.03 bits per heavy atom. The van der Waals surface area contributed by atoms with E-state index in [9.17, 15) is 9.59 Å². The number of aromatic nitrogens is 2. The molecule has 5 rings (SSSR count). The molecule has 0 saturated carbocycles. The number of nitrogens with one attached hydrogen (secondary N) is 2. The lowest BCUT2D eigenvalue weighted by Gasteiger charge is -2.27. The van der Waals surface area contributed by atoms with Crippen LogP contribution >= 0.6 is 0 Å². The first-order valence-electron chi connectivity index (χ1n) is 11.0. The number of amides is 2. The zero-order valence-corrected chi connectivity index (χ0v) is 18.1. The van der Waals surface area contributed by atoms with Crippen molar-refractivity contribution in [3.8, 4) is 0 Å². The molecule has 0 spiro atoms. The van der Waals surface area contributed by atoms with Gasteiger partial charge in [-0.15, -0.1) is 0 Å². The fourth-order valence-corrected chi connectivity index (χ4v) is 4.31. The van der Waals surface area contributed by atoms with Gasteiger partial charge >= 0.3 is 0 Å². The van der Waals surface area contributed by atoms with Crippen molar-refractivity contribution in [2.75, 3.05) is 11.9 Å². The van der Waals surface area contributed by atoms with Crippen molar-refractivity contribution in [2.24, 2.45) is 0 Å². The Morgan fingerprint density at radius 1 is 0.848 bits per heavy atom. The molecule has 2 amide bonds. The molecular weight excluding hydrogens is 412 g/mol. The van der Waals surface area contributed by atoms with Crippen LogP contribution < -0.4 is 5.32 Å². The number of rotatable bonds is 5. The lowest BCUT2D eigenvalue weighted by molar-refractivity contribution is -0.116. The molecule has 0 bridgehead atoms. The summed E-state index contributed by atoms with van der Waals surface area (Å²) < 4.78 is 0. The molecule has 0 radical (unpaired) electrons. The van der Waals surface area contributed by atoms with Crippen molar-refractivity contribution in [3.05, 3.63) is 119 Å². The van der Waals surface area contributed by atoms with Gasteiger partial charge in [0.25, 0.3) is 5.91 Å². The lowest BCUT2D eigenvalue weighted by atomic mass is 9.90. The van der Waals surface area contributed by atoms with E-state index >= 15 is 0 Å². The SMILES string of the molecule is O=C(Nc1[nH]nc2c1CN(C(=O)c1ccccc1)CC2)C(c1ccccc1)c1ccccc1. The fourth-order valence-electron chi connectivity index (χ4n) is 4.31. The Labute approximate surface area is 192 Å². The molecule has 0 saturated heterocycles. The predicted octanol–water partition coefficient (Wildman–Crippen LogP) is 4.38. The first-order chi connectivity index (χ1) is 16.2. The van der Waals surface area contributed by atoms with E-state index in [1.165, 1.54) is 0 Å². The molecule has 164 valence electrons. The first-order valence-corrected chi connectivity index (χ1v) is 11.0. The second kappa shape index (κ2) is 9.12. The van der Waals surface area contributed by atoms with Crippen LogP contribution in [0.5, 0.6) is 0 Å². The van der Waals surface area contributed by atoms with Crippen molar-refractivity contribution in [2.45, 2.75) is 18.9 Å². The average molecular weight is 437 g/mol. The van der Waals surface area contributed by atoms with Gasteiger partial charge in [0.1, 0.15) is 5.82 Å². The lowest BCUT2D eigenvalue weighted by Crippen LogP contribution is -2.36. The largest absolute Gasteiger partial charge is 0.334 e. The van der Waals surface area contributed by atoms with Crippen LogP contribution in [-0.2, 0) is 17.8 Å². The molecule has 1 aliphatic rings. The van der Waals surface area contributed by atoms with Crippen LogP contribution in [0.2, 0.25) is 0 Å². The molecule has 2 N–H and O–H groups in total. The minimum absolute atomic E-state index is 0.0221. The summed E-state index contributed by atoms with van der Waals surface area (Å²) >= 11 is 0. The third-order valence-corrected chi connectivity index (χ3v) is 6.00. The van der Waals surface area contributed by atoms with E-state index in [1.807, 2.05) is 91.0 Å². The van der Waals surface area contributed by atoms with Crippen LogP contribution in [0.4, 0.5) is 5.82 Å². The highest BCUT2D eigenvalue weighted by Gasteiger charge is 2.29. The molecule has 0 fully saturated rings. The molecule has 0 atom stereocenters. The Morgan fingerprint density at radius 2 is 1.42 bits per heavy atom. The Balaban J connectivity index is 1.40. The van der Waals surface area contributed by atoms with E-state index in [0.29, 0.717) is 30.9 Å². The van der Waals surface area contributed by atoms with Crippen LogP contribution in [0.3, 0.4) is 0 Å². The van der Waals surface area contributed by atoms with Gasteiger partial charge in [0.15, 0.2) is 0 Å². The van der Waals surface area contributed by atoms with Crippen LogP contribution in [0.15, 0.2) is 91.0 Å². The zero-order chi connectivity index (χ0) is 22.6. The number of fused-ring (bicyclic) bond motifs is 1. The van der Waals surface area contributed by atoms with Gasteiger partial charge in [-0.1, -0.05) is 78.9 Å². The topological polar surface area (TPSA) is 78.1 Å². The molecule has 6 nitrogen and oxygen atoms in total. The summed E-state index contributed by atoms with van der Waals surface area (Å²) in [5, 5.41) is 10.4. The molecule has 1 aromatic heterocycles. The Bertz CT molecular complexity index is 1210. The number of carbonyl (C=O) groups is 2. The minimum atomic E-state index is -0.461. The number of benzene rings is 3. The van der Waals surface area contributed by atoms with E-state index in [-0.39, 0.29) is 11.8 Å². The summed E-state index contributed by atoms with van der Waals surface area (Å²) in [6.45, 7) is 0.992. The highest BCUT2D eigenvalue weighted by Crippen LogP contribution is 2.29. The monoisotopic (exact) mass is 436 g/mol. The van der Waals surface area contributed by atoms with E-state index in [0.717, 1.165) is 22.4 Å². The van der Waals surface area contributed by atoms with Gasteiger partial charge in [-0.3, -0.25) is 14.7 Å². The second-order valence-corrected chi connectivity index (χ2v) is 8.11. The van der Waals surface area contributed by atoms with Crippen molar-refractivity contribution in [3.63, 3.8) is 0 Å². The molecule has 0 aliphatic carbocycles. The molecule has 1 aliphatic heterocycles. The molecule has 6 heteroatoms. The number of nitrogens with zero attached hydrogens (tertiary/aromatic N) is 2. The summed E-state index contributed by atoms with van der Waals surface area (Å²) in [6.07, 6.45) is 0.640.